The van der Waals surface area contributed by atoms with Crippen molar-refractivity contribution in [2.45, 2.75) is 86.3 Å². The lowest BCUT2D eigenvalue weighted by Crippen LogP contribution is -2.56. The van der Waals surface area contributed by atoms with Crippen molar-refractivity contribution in [2.75, 3.05) is 43.5 Å². The number of carbonyl (C=O) groups excluding carboxylic acids is 4. The van der Waals surface area contributed by atoms with Gasteiger partial charge in [0.2, 0.25) is 11.8 Å². The summed E-state index contributed by atoms with van der Waals surface area (Å²) in [6.45, 7) is 17.6. The van der Waals surface area contributed by atoms with Crippen LogP contribution in [0.1, 0.15) is 84.0 Å². The second kappa shape index (κ2) is 17.7. The molecule has 14 nitrogen and oxygen atoms in total. The molecule has 4 amide bonds. The van der Waals surface area contributed by atoms with Crippen molar-refractivity contribution in [3.8, 4) is 28.1 Å². The van der Waals surface area contributed by atoms with E-state index < -0.39 is 41.6 Å². The van der Waals surface area contributed by atoms with Crippen molar-refractivity contribution >= 4 is 35.3 Å². The number of likely N-dealkylation sites (tertiary alicyclic amines) is 1. The Morgan fingerprint density at radius 3 is 2.23 bits per heavy atom. The van der Waals surface area contributed by atoms with Gasteiger partial charge in [0.05, 0.1) is 36.9 Å². The number of methoxy groups -OCH3 is 1. The number of H-pyrrole nitrogens is 1. The first kappa shape index (κ1) is 45.4. The SMILES string of the molecule is COC(=O)NC(C(=O)N1CC(C)(C)CC1c1ncc(-c2ccc(-c3ccc(C(=O)Nc4ccc(N5CCN(C(=O)C(C)(C)C)CC5C)nc4)cc3OC(F)(F)F)cc2)[nH]1)C(C)C. The van der Waals surface area contributed by atoms with Crippen molar-refractivity contribution in [3.63, 3.8) is 0 Å². The van der Waals surface area contributed by atoms with E-state index in [0.29, 0.717) is 66.8 Å². The summed E-state index contributed by atoms with van der Waals surface area (Å²) in [7, 11) is 1.24. The van der Waals surface area contributed by atoms with E-state index in [9.17, 15) is 32.3 Å². The molecule has 2 fully saturated rings. The molecule has 332 valence electrons. The van der Waals surface area contributed by atoms with Gasteiger partial charge in [-0.3, -0.25) is 14.4 Å². The van der Waals surface area contributed by atoms with Crippen LogP contribution >= 0.6 is 0 Å². The molecular weight excluding hydrogens is 806 g/mol. The fraction of sp³-hybridized carbons (Fsp3) is 0.467. The van der Waals surface area contributed by atoms with Gasteiger partial charge in [0, 0.05) is 48.8 Å². The standard InChI is InChI=1S/C45H55F3N8O6/c1-26(2)37(53-42(60)61-9)40(58)56-25-44(7,8)21-34(56)38-50-23-33(52-38)29-12-10-28(11-13-29)32-16-14-30(20-35(32)62-45(46,47)48)39(57)51-31-15-17-36(49-22-31)55-19-18-54(24-27(55)3)41(59)43(4,5)6/h10-17,20,22-23,26-27,34,37H,18-19,21,24-25H2,1-9H3,(H,50,52)(H,51,57)(H,53,60). The van der Waals surface area contributed by atoms with E-state index in [1.54, 1.807) is 47.5 Å². The second-order valence-corrected chi connectivity index (χ2v) is 18.1. The predicted octanol–water partition coefficient (Wildman–Crippen LogP) is 8.05. The number of ether oxygens (including phenoxy) is 2. The number of alkyl halides is 3. The van der Waals surface area contributed by atoms with Crippen molar-refractivity contribution in [2.24, 2.45) is 16.7 Å². The third-order valence-corrected chi connectivity index (χ3v) is 11.1. The summed E-state index contributed by atoms with van der Waals surface area (Å²) < 4.78 is 50.4. The number of aromatic nitrogens is 3. The van der Waals surface area contributed by atoms with Crippen LogP contribution in [0.5, 0.6) is 5.75 Å². The van der Waals surface area contributed by atoms with Gasteiger partial charge in [0.1, 0.15) is 23.4 Å². The number of aromatic amines is 1. The Morgan fingerprint density at radius 2 is 1.63 bits per heavy atom. The first-order valence-electron chi connectivity index (χ1n) is 20.6. The molecule has 62 heavy (non-hydrogen) atoms. The van der Waals surface area contributed by atoms with Crippen LogP contribution in [0.4, 0.5) is 29.5 Å². The van der Waals surface area contributed by atoms with Crippen molar-refractivity contribution in [1.29, 1.82) is 0 Å². The van der Waals surface area contributed by atoms with E-state index >= 15 is 0 Å². The summed E-state index contributed by atoms with van der Waals surface area (Å²) in [4.78, 5) is 70.2. The van der Waals surface area contributed by atoms with Crippen LogP contribution in [0.3, 0.4) is 0 Å². The Hall–Kier alpha value is -6.13. The van der Waals surface area contributed by atoms with Gasteiger partial charge in [-0.05, 0) is 66.1 Å². The third kappa shape index (κ3) is 10.5. The topological polar surface area (TPSA) is 162 Å². The number of pyridine rings is 1. The average molecular weight is 861 g/mol. The normalized spacial score (nSPS) is 18.4. The number of nitrogens with zero attached hydrogens (tertiary/aromatic N) is 5. The number of alkyl carbamates (subject to hydrolysis) is 1. The molecule has 17 heteroatoms. The average Bonchev–Trinajstić information content (AvgIpc) is 3.83. The number of benzene rings is 2. The number of amides is 4. The number of carbonyl (C=O) groups is 4. The maximum absolute atomic E-state index is 13.8. The summed E-state index contributed by atoms with van der Waals surface area (Å²) in [5.74, 6) is -0.341. The number of rotatable bonds is 10. The van der Waals surface area contributed by atoms with Gasteiger partial charge in [-0.25, -0.2) is 14.8 Å². The minimum Gasteiger partial charge on any atom is -0.453 e. The first-order chi connectivity index (χ1) is 29.0. The highest BCUT2D eigenvalue weighted by molar-refractivity contribution is 6.05. The molecule has 0 spiro atoms. The highest BCUT2D eigenvalue weighted by Crippen LogP contribution is 2.43. The molecule has 4 heterocycles. The van der Waals surface area contributed by atoms with Crippen LogP contribution in [-0.4, -0.2) is 100 Å². The van der Waals surface area contributed by atoms with Crippen LogP contribution < -0.4 is 20.3 Å². The van der Waals surface area contributed by atoms with Gasteiger partial charge in [0.15, 0.2) is 0 Å². The zero-order valence-electron chi connectivity index (χ0n) is 36.5. The number of piperazine rings is 1. The lowest BCUT2D eigenvalue weighted by Gasteiger charge is -2.42. The number of hydrogen-bond acceptors (Lipinski definition) is 9. The van der Waals surface area contributed by atoms with Gasteiger partial charge in [0.25, 0.3) is 5.91 Å². The van der Waals surface area contributed by atoms with Crippen molar-refractivity contribution in [1.82, 2.24) is 30.1 Å². The Bertz CT molecular complexity index is 2270. The lowest BCUT2D eigenvalue weighted by molar-refractivity contribution is -0.274. The van der Waals surface area contributed by atoms with Gasteiger partial charge >= 0.3 is 12.5 Å². The summed E-state index contributed by atoms with van der Waals surface area (Å²) in [5.41, 5.74) is 1.42. The van der Waals surface area contributed by atoms with Crippen LogP contribution in [0.15, 0.2) is 67.0 Å². The zero-order valence-corrected chi connectivity index (χ0v) is 36.5. The molecule has 4 aromatic rings. The van der Waals surface area contributed by atoms with Crippen molar-refractivity contribution < 1.29 is 41.8 Å². The van der Waals surface area contributed by atoms with E-state index in [1.165, 1.54) is 25.4 Å². The largest absolute Gasteiger partial charge is 0.573 e. The van der Waals surface area contributed by atoms with E-state index in [-0.39, 0.29) is 40.3 Å². The molecule has 3 N–H and O–H groups in total. The van der Waals surface area contributed by atoms with Crippen LogP contribution in [0.2, 0.25) is 0 Å². The fourth-order valence-corrected chi connectivity index (χ4v) is 8.01. The van der Waals surface area contributed by atoms with Gasteiger partial charge in [-0.2, -0.15) is 0 Å². The molecule has 6 rings (SSSR count). The highest BCUT2D eigenvalue weighted by Gasteiger charge is 2.45. The molecule has 0 saturated carbocycles. The Kier molecular flexibility index (Phi) is 13.0. The lowest BCUT2D eigenvalue weighted by atomic mass is 9.90. The second-order valence-electron chi connectivity index (χ2n) is 18.1. The fourth-order valence-electron chi connectivity index (χ4n) is 8.01. The third-order valence-electron chi connectivity index (χ3n) is 11.1. The monoisotopic (exact) mass is 860 g/mol. The molecule has 2 saturated heterocycles. The van der Waals surface area contributed by atoms with E-state index in [2.05, 4.69) is 49.1 Å². The summed E-state index contributed by atoms with van der Waals surface area (Å²) >= 11 is 0. The summed E-state index contributed by atoms with van der Waals surface area (Å²) in [6.07, 6.45) is -1.99. The Morgan fingerprint density at radius 1 is 0.935 bits per heavy atom. The van der Waals surface area contributed by atoms with E-state index in [1.807, 2.05) is 46.4 Å². The molecule has 2 aliphatic heterocycles. The maximum atomic E-state index is 13.8. The molecule has 0 aliphatic carbocycles. The summed E-state index contributed by atoms with van der Waals surface area (Å²) in [6, 6.07) is 12.8. The van der Waals surface area contributed by atoms with Gasteiger partial charge in [-0.1, -0.05) is 72.7 Å². The Labute approximate surface area is 359 Å². The minimum atomic E-state index is -5.03. The molecule has 0 radical (unpaired) electrons. The van der Waals surface area contributed by atoms with E-state index in [4.69, 9.17) is 4.74 Å². The number of anilines is 2. The van der Waals surface area contributed by atoms with Crippen molar-refractivity contribution in [3.05, 3.63) is 78.4 Å². The predicted molar refractivity (Wildman–Crippen MR) is 228 cm³/mol. The maximum Gasteiger partial charge on any atom is 0.573 e. The first-order valence-corrected chi connectivity index (χ1v) is 20.6. The Balaban J connectivity index is 1.16. The number of nitrogens with one attached hydrogen (secondary N) is 3. The number of imidazole rings is 1. The van der Waals surface area contributed by atoms with Crippen LogP contribution in [0.25, 0.3) is 22.4 Å². The van der Waals surface area contributed by atoms with Crippen LogP contribution in [-0.2, 0) is 14.3 Å². The van der Waals surface area contributed by atoms with Crippen LogP contribution in [0, 0.1) is 16.7 Å². The van der Waals surface area contributed by atoms with Gasteiger partial charge in [-0.15, -0.1) is 13.2 Å². The molecular formula is C45H55F3N8O6. The zero-order chi connectivity index (χ0) is 45.3. The molecule has 0 bridgehead atoms. The molecule has 2 aliphatic rings. The smallest absolute Gasteiger partial charge is 0.453 e. The molecule has 3 unspecified atom stereocenters. The summed E-state index contributed by atoms with van der Waals surface area (Å²) in [5, 5.41) is 5.37. The minimum absolute atomic E-state index is 0.00501. The highest BCUT2D eigenvalue weighted by atomic mass is 19.4. The molecule has 3 atom stereocenters. The number of halogens is 3. The quantitative estimate of drug-likeness (QED) is 0.143. The molecule has 2 aromatic carbocycles. The molecule has 2 aromatic heterocycles. The van der Waals surface area contributed by atoms with E-state index in [0.717, 1.165) is 6.07 Å². The number of hydrogen-bond donors (Lipinski definition) is 3. The van der Waals surface area contributed by atoms with Gasteiger partial charge < -0.3 is 39.8 Å².